The van der Waals surface area contributed by atoms with Gasteiger partial charge in [-0.05, 0) is 31.6 Å². The molecule has 2 unspecified atom stereocenters. The van der Waals surface area contributed by atoms with Crippen molar-refractivity contribution in [2.24, 2.45) is 5.92 Å². The van der Waals surface area contributed by atoms with Crippen molar-refractivity contribution < 1.29 is 10.2 Å². The van der Waals surface area contributed by atoms with Crippen molar-refractivity contribution in [3.63, 3.8) is 0 Å². The van der Waals surface area contributed by atoms with E-state index >= 15 is 0 Å². The Morgan fingerprint density at radius 2 is 1.46 bits per heavy atom. The summed E-state index contributed by atoms with van der Waals surface area (Å²) in [5, 5.41) is 19.0. The number of hydrogen-bond donors (Lipinski definition) is 2. The molecule has 0 aromatic rings. The van der Waals surface area contributed by atoms with Crippen molar-refractivity contribution in [2.75, 3.05) is 0 Å². The van der Waals surface area contributed by atoms with Crippen molar-refractivity contribution in [3.05, 3.63) is 0 Å². The highest BCUT2D eigenvalue weighted by molar-refractivity contribution is 4.64. The van der Waals surface area contributed by atoms with Crippen LogP contribution in [-0.2, 0) is 0 Å². The van der Waals surface area contributed by atoms with Crippen LogP contribution in [0.3, 0.4) is 0 Å². The third-order valence-electron chi connectivity index (χ3n) is 2.24. The van der Waals surface area contributed by atoms with Gasteiger partial charge in [-0.25, -0.2) is 0 Å². The summed E-state index contributed by atoms with van der Waals surface area (Å²) in [6, 6.07) is 0. The van der Waals surface area contributed by atoms with Gasteiger partial charge in [-0.15, -0.1) is 0 Å². The molecule has 0 saturated heterocycles. The van der Waals surface area contributed by atoms with Crippen LogP contribution in [0.5, 0.6) is 0 Å². The van der Waals surface area contributed by atoms with Gasteiger partial charge in [-0.3, -0.25) is 0 Å². The average molecular weight is 188 g/mol. The molecule has 0 aliphatic rings. The van der Waals surface area contributed by atoms with Crippen molar-refractivity contribution in [1.29, 1.82) is 0 Å². The SMILES string of the molecule is CCCC(O)CC(O)CCC(C)C. The fourth-order valence-corrected chi connectivity index (χ4v) is 1.41. The lowest BCUT2D eigenvalue weighted by atomic mass is 10.00. The molecule has 0 radical (unpaired) electrons. The van der Waals surface area contributed by atoms with Crippen LogP contribution in [0.15, 0.2) is 0 Å². The first kappa shape index (κ1) is 12.9. The zero-order valence-corrected chi connectivity index (χ0v) is 9.16. The Morgan fingerprint density at radius 1 is 0.923 bits per heavy atom. The van der Waals surface area contributed by atoms with Crippen molar-refractivity contribution in [1.82, 2.24) is 0 Å². The van der Waals surface area contributed by atoms with E-state index in [1.807, 2.05) is 6.92 Å². The monoisotopic (exact) mass is 188 g/mol. The zero-order chi connectivity index (χ0) is 10.3. The summed E-state index contributed by atoms with van der Waals surface area (Å²) in [6.07, 6.45) is 3.56. The Balaban J connectivity index is 3.43. The number of rotatable bonds is 7. The molecule has 2 nitrogen and oxygen atoms in total. The smallest absolute Gasteiger partial charge is 0.0565 e. The topological polar surface area (TPSA) is 40.5 Å². The molecule has 13 heavy (non-hydrogen) atoms. The molecule has 0 aromatic carbocycles. The summed E-state index contributed by atoms with van der Waals surface area (Å²) in [5.74, 6) is 0.637. The van der Waals surface area contributed by atoms with Crippen LogP contribution in [0.2, 0.25) is 0 Å². The van der Waals surface area contributed by atoms with E-state index in [2.05, 4.69) is 13.8 Å². The first-order chi connectivity index (χ1) is 6.06. The fraction of sp³-hybridized carbons (Fsp3) is 1.00. The van der Waals surface area contributed by atoms with Gasteiger partial charge in [0.15, 0.2) is 0 Å². The lowest BCUT2D eigenvalue weighted by Gasteiger charge is -2.15. The molecule has 0 rings (SSSR count). The maximum absolute atomic E-state index is 9.54. The van der Waals surface area contributed by atoms with Gasteiger partial charge in [-0.1, -0.05) is 27.2 Å². The largest absolute Gasteiger partial charge is 0.393 e. The molecule has 0 saturated carbocycles. The molecule has 0 bridgehead atoms. The van der Waals surface area contributed by atoms with Gasteiger partial charge in [0.25, 0.3) is 0 Å². The van der Waals surface area contributed by atoms with Crippen molar-refractivity contribution in [3.8, 4) is 0 Å². The predicted octanol–water partition coefficient (Wildman–Crippen LogP) is 2.33. The Labute approximate surface area is 82.0 Å². The molecule has 2 heteroatoms. The molecular weight excluding hydrogens is 164 g/mol. The summed E-state index contributed by atoms with van der Waals surface area (Å²) in [6.45, 7) is 6.34. The Bertz CT molecular complexity index is 113. The van der Waals surface area contributed by atoms with Crippen LogP contribution in [0.25, 0.3) is 0 Å². The van der Waals surface area contributed by atoms with E-state index < -0.39 is 0 Å². The van der Waals surface area contributed by atoms with Crippen LogP contribution in [0, 0.1) is 5.92 Å². The van der Waals surface area contributed by atoms with E-state index in [1.165, 1.54) is 0 Å². The van der Waals surface area contributed by atoms with E-state index in [0.717, 1.165) is 25.7 Å². The summed E-state index contributed by atoms with van der Waals surface area (Å²) in [7, 11) is 0. The van der Waals surface area contributed by atoms with Gasteiger partial charge < -0.3 is 10.2 Å². The van der Waals surface area contributed by atoms with Crippen LogP contribution < -0.4 is 0 Å². The second-order valence-corrected chi connectivity index (χ2v) is 4.30. The number of hydrogen-bond acceptors (Lipinski definition) is 2. The van der Waals surface area contributed by atoms with Crippen LogP contribution in [0.1, 0.15) is 52.9 Å². The zero-order valence-electron chi connectivity index (χ0n) is 9.16. The molecule has 0 aliphatic heterocycles. The minimum atomic E-state index is -0.316. The van der Waals surface area contributed by atoms with Gasteiger partial charge in [0, 0.05) is 0 Å². The first-order valence-electron chi connectivity index (χ1n) is 5.42. The lowest BCUT2D eigenvalue weighted by molar-refractivity contribution is 0.0676. The molecular formula is C11H24O2. The molecule has 2 N–H and O–H groups in total. The highest BCUT2D eigenvalue weighted by Gasteiger charge is 2.11. The molecule has 0 spiro atoms. The predicted molar refractivity (Wildman–Crippen MR) is 55.6 cm³/mol. The fourth-order valence-electron chi connectivity index (χ4n) is 1.41. The van der Waals surface area contributed by atoms with E-state index in [9.17, 15) is 10.2 Å². The Hall–Kier alpha value is -0.0800. The Kier molecular flexibility index (Phi) is 7.29. The summed E-state index contributed by atoms with van der Waals surface area (Å²) < 4.78 is 0. The second-order valence-electron chi connectivity index (χ2n) is 4.30. The van der Waals surface area contributed by atoms with E-state index in [1.54, 1.807) is 0 Å². The molecule has 2 atom stereocenters. The number of aliphatic hydroxyl groups is 2. The summed E-state index contributed by atoms with van der Waals surface area (Å²) >= 11 is 0. The molecule has 0 heterocycles. The van der Waals surface area contributed by atoms with Crippen molar-refractivity contribution in [2.45, 2.75) is 65.1 Å². The summed E-state index contributed by atoms with van der Waals surface area (Å²) in [5.41, 5.74) is 0. The van der Waals surface area contributed by atoms with Crippen LogP contribution in [0.4, 0.5) is 0 Å². The van der Waals surface area contributed by atoms with Gasteiger partial charge in [0.2, 0.25) is 0 Å². The molecule has 0 amide bonds. The Morgan fingerprint density at radius 3 is 1.92 bits per heavy atom. The second kappa shape index (κ2) is 7.34. The summed E-state index contributed by atoms with van der Waals surface area (Å²) in [4.78, 5) is 0. The number of aliphatic hydroxyl groups excluding tert-OH is 2. The third-order valence-corrected chi connectivity index (χ3v) is 2.24. The van der Waals surface area contributed by atoms with E-state index in [0.29, 0.717) is 12.3 Å². The highest BCUT2D eigenvalue weighted by atomic mass is 16.3. The van der Waals surface area contributed by atoms with Gasteiger partial charge in [0.1, 0.15) is 0 Å². The lowest BCUT2D eigenvalue weighted by Crippen LogP contribution is -2.17. The van der Waals surface area contributed by atoms with Gasteiger partial charge in [-0.2, -0.15) is 0 Å². The van der Waals surface area contributed by atoms with Crippen LogP contribution in [-0.4, -0.2) is 22.4 Å². The molecule has 0 fully saturated rings. The highest BCUT2D eigenvalue weighted by Crippen LogP contribution is 2.12. The maximum Gasteiger partial charge on any atom is 0.0565 e. The quantitative estimate of drug-likeness (QED) is 0.644. The van der Waals surface area contributed by atoms with Gasteiger partial charge in [0.05, 0.1) is 12.2 Å². The first-order valence-corrected chi connectivity index (χ1v) is 5.42. The van der Waals surface area contributed by atoms with Crippen LogP contribution >= 0.6 is 0 Å². The average Bonchev–Trinajstić information content (AvgIpc) is 2.01. The van der Waals surface area contributed by atoms with Crippen molar-refractivity contribution >= 4 is 0 Å². The van der Waals surface area contributed by atoms with E-state index in [-0.39, 0.29) is 12.2 Å². The minimum absolute atomic E-state index is 0.313. The third kappa shape index (κ3) is 8.26. The standard InChI is InChI=1S/C11H24O2/c1-4-5-10(12)8-11(13)7-6-9(2)3/h9-13H,4-8H2,1-3H3. The maximum atomic E-state index is 9.54. The molecule has 0 aromatic heterocycles. The molecule has 0 aliphatic carbocycles. The minimum Gasteiger partial charge on any atom is -0.393 e. The van der Waals surface area contributed by atoms with Gasteiger partial charge >= 0.3 is 0 Å². The normalized spacial score (nSPS) is 16.2. The molecule has 80 valence electrons. The van der Waals surface area contributed by atoms with E-state index in [4.69, 9.17) is 0 Å².